The second-order valence-electron chi connectivity index (χ2n) is 10.9. The minimum atomic E-state index is -1.12. The van der Waals surface area contributed by atoms with Gasteiger partial charge in [-0.25, -0.2) is 0 Å². The van der Waals surface area contributed by atoms with E-state index in [-0.39, 0.29) is 42.3 Å². The maximum atomic E-state index is 13.3. The quantitative estimate of drug-likeness (QED) is 0.325. The molecule has 2 bridgehead atoms. The molecule has 6 atom stereocenters. The largest absolute Gasteiger partial charge is 0.496 e. The minimum absolute atomic E-state index is 0.0438. The Morgan fingerprint density at radius 2 is 1.71 bits per heavy atom. The van der Waals surface area contributed by atoms with Crippen molar-refractivity contribution in [2.24, 2.45) is 17.6 Å². The van der Waals surface area contributed by atoms with Crippen molar-refractivity contribution in [1.29, 1.82) is 0 Å². The van der Waals surface area contributed by atoms with E-state index in [9.17, 15) is 13.8 Å². The molecule has 9 heteroatoms. The van der Waals surface area contributed by atoms with Gasteiger partial charge in [0.1, 0.15) is 5.75 Å². The molecule has 41 heavy (non-hydrogen) atoms. The maximum Gasteiger partial charge on any atom is 0.236 e. The van der Waals surface area contributed by atoms with Crippen molar-refractivity contribution in [3.8, 4) is 5.75 Å². The van der Waals surface area contributed by atoms with Crippen molar-refractivity contribution in [2.75, 3.05) is 33.0 Å². The maximum absolute atomic E-state index is 13.3. The van der Waals surface area contributed by atoms with Crippen LogP contribution >= 0.6 is 0 Å². The summed E-state index contributed by atoms with van der Waals surface area (Å²) < 4.78 is 17.9. The summed E-state index contributed by atoms with van der Waals surface area (Å²) in [6, 6.07) is 26.7. The molecule has 2 amide bonds. The Kier molecular flexibility index (Phi) is 9.17. The lowest BCUT2D eigenvalue weighted by Crippen LogP contribution is -2.69. The van der Waals surface area contributed by atoms with Gasteiger partial charge < -0.3 is 21.1 Å². The Labute approximate surface area is 244 Å². The van der Waals surface area contributed by atoms with Crippen molar-refractivity contribution < 1.29 is 18.5 Å². The van der Waals surface area contributed by atoms with E-state index in [0.29, 0.717) is 13.1 Å². The predicted molar refractivity (Wildman–Crippen MR) is 160 cm³/mol. The summed E-state index contributed by atoms with van der Waals surface area (Å²) in [7, 11) is 0.513. The molecule has 3 aliphatic heterocycles. The molecule has 0 aliphatic carbocycles. The first kappa shape index (κ1) is 29.0. The zero-order chi connectivity index (χ0) is 28.9. The third kappa shape index (κ3) is 6.37. The van der Waals surface area contributed by atoms with E-state index >= 15 is 0 Å². The molecule has 3 aromatic carbocycles. The van der Waals surface area contributed by atoms with Crippen LogP contribution in [0.15, 0.2) is 83.8 Å². The second-order valence-corrected chi connectivity index (χ2v) is 12.2. The average Bonchev–Trinajstić information content (AvgIpc) is 3.00. The van der Waals surface area contributed by atoms with Crippen LogP contribution in [0.1, 0.15) is 29.0 Å². The summed E-state index contributed by atoms with van der Waals surface area (Å²) in [5, 5.41) is 6.59. The third-order valence-electron chi connectivity index (χ3n) is 8.49. The minimum Gasteiger partial charge on any atom is -0.496 e. The van der Waals surface area contributed by atoms with Gasteiger partial charge in [0, 0.05) is 58.6 Å². The predicted octanol–water partition coefficient (Wildman–Crippen LogP) is 2.64. The number of hydrogen-bond acceptors (Lipinski definition) is 6. The molecule has 4 N–H and O–H groups in total. The third-order valence-corrected chi connectivity index (χ3v) is 9.41. The smallest absolute Gasteiger partial charge is 0.236 e. The van der Waals surface area contributed by atoms with E-state index < -0.39 is 16.7 Å². The number of hydrogen-bond donors (Lipinski definition) is 3. The lowest BCUT2D eigenvalue weighted by molar-refractivity contribution is -0.136. The van der Waals surface area contributed by atoms with Gasteiger partial charge >= 0.3 is 0 Å². The van der Waals surface area contributed by atoms with Crippen molar-refractivity contribution in [3.63, 3.8) is 0 Å². The van der Waals surface area contributed by atoms with Gasteiger partial charge in [0.2, 0.25) is 11.8 Å². The number of rotatable bonds is 11. The van der Waals surface area contributed by atoms with E-state index in [4.69, 9.17) is 10.5 Å². The topological polar surface area (TPSA) is 114 Å². The van der Waals surface area contributed by atoms with Crippen LogP contribution in [0.25, 0.3) is 0 Å². The van der Waals surface area contributed by atoms with Gasteiger partial charge in [0.15, 0.2) is 0 Å². The van der Waals surface area contributed by atoms with Crippen LogP contribution in [-0.4, -0.2) is 66.0 Å². The fourth-order valence-corrected chi connectivity index (χ4v) is 7.22. The number of nitrogens with one attached hydrogen (secondary N) is 2. The zero-order valence-corrected chi connectivity index (χ0v) is 24.3. The molecule has 0 spiro atoms. The molecule has 6 rings (SSSR count). The fourth-order valence-electron chi connectivity index (χ4n) is 6.66. The van der Waals surface area contributed by atoms with E-state index in [2.05, 4.69) is 64.1 Å². The summed E-state index contributed by atoms with van der Waals surface area (Å²) in [5.74, 6) is -0.129. The first-order valence-corrected chi connectivity index (χ1v) is 15.6. The van der Waals surface area contributed by atoms with E-state index in [1.54, 1.807) is 13.4 Å². The molecule has 3 heterocycles. The number of ether oxygens (including phenoxy) is 1. The summed E-state index contributed by atoms with van der Waals surface area (Å²) in [6.07, 6.45) is 2.53. The molecule has 216 valence electrons. The molecular formula is C32H38N4O4S. The van der Waals surface area contributed by atoms with Crippen LogP contribution in [-0.2, 0) is 26.9 Å². The van der Waals surface area contributed by atoms with Gasteiger partial charge in [0.25, 0.3) is 0 Å². The van der Waals surface area contributed by atoms with E-state index in [0.717, 1.165) is 29.2 Å². The SMILES string of the molecule is COc1ccc(S(C)=O)cc1CNC1C2CCN(CC2C(=O)NCC(N)=O)C1C(c1ccccc1)c1ccccc1. The van der Waals surface area contributed by atoms with Crippen LogP contribution in [0.4, 0.5) is 0 Å². The molecule has 0 aromatic heterocycles. The second kappa shape index (κ2) is 13.0. The molecule has 0 radical (unpaired) electrons. The molecule has 0 saturated carbocycles. The number of nitrogens with two attached hydrogens (primary N) is 1. The number of methoxy groups -OCH3 is 1. The van der Waals surface area contributed by atoms with Crippen molar-refractivity contribution >= 4 is 22.6 Å². The van der Waals surface area contributed by atoms with Gasteiger partial charge in [0.05, 0.1) is 19.6 Å². The van der Waals surface area contributed by atoms with Gasteiger partial charge in [-0.2, -0.15) is 0 Å². The molecule has 3 aliphatic rings. The molecule has 3 aromatic rings. The Balaban J connectivity index is 1.53. The highest BCUT2D eigenvalue weighted by Crippen LogP contribution is 2.44. The number of piperidine rings is 3. The van der Waals surface area contributed by atoms with Gasteiger partial charge in [-0.3, -0.25) is 18.7 Å². The number of primary amides is 1. The Morgan fingerprint density at radius 3 is 2.29 bits per heavy atom. The number of fused-ring (bicyclic) bond motifs is 3. The Hall–Kier alpha value is -3.53. The van der Waals surface area contributed by atoms with Crippen LogP contribution in [0.2, 0.25) is 0 Å². The number of benzene rings is 3. The first-order chi connectivity index (χ1) is 19.9. The van der Waals surface area contributed by atoms with Crippen molar-refractivity contribution in [3.05, 3.63) is 95.6 Å². The number of amides is 2. The highest BCUT2D eigenvalue weighted by atomic mass is 32.2. The number of carbonyl (C=O) groups excluding carboxylic acids is 2. The zero-order valence-electron chi connectivity index (χ0n) is 23.5. The molecule has 6 unspecified atom stereocenters. The summed E-state index contributed by atoms with van der Waals surface area (Å²) in [4.78, 5) is 27.9. The summed E-state index contributed by atoms with van der Waals surface area (Å²) >= 11 is 0. The Bertz CT molecular complexity index is 1350. The van der Waals surface area contributed by atoms with Gasteiger partial charge in [-0.05, 0) is 48.2 Å². The highest BCUT2D eigenvalue weighted by molar-refractivity contribution is 7.84. The van der Waals surface area contributed by atoms with E-state index in [1.165, 1.54) is 11.1 Å². The first-order valence-electron chi connectivity index (χ1n) is 14.0. The molecule has 3 saturated heterocycles. The van der Waals surface area contributed by atoms with Crippen LogP contribution in [0, 0.1) is 11.8 Å². The number of carbonyl (C=O) groups is 2. The molecule has 8 nitrogen and oxygen atoms in total. The average molecular weight is 575 g/mol. The molecule has 3 fully saturated rings. The van der Waals surface area contributed by atoms with E-state index in [1.807, 2.05) is 30.3 Å². The number of nitrogens with zero attached hydrogens (tertiary/aromatic N) is 1. The van der Waals surface area contributed by atoms with Crippen molar-refractivity contribution in [1.82, 2.24) is 15.5 Å². The van der Waals surface area contributed by atoms with Crippen LogP contribution in [0.5, 0.6) is 5.75 Å². The van der Waals surface area contributed by atoms with Crippen molar-refractivity contribution in [2.45, 2.75) is 35.9 Å². The highest BCUT2D eigenvalue weighted by Gasteiger charge is 2.52. The normalized spacial score (nSPS) is 24.1. The summed E-state index contributed by atoms with van der Waals surface area (Å²) in [5.41, 5.74) is 8.69. The van der Waals surface area contributed by atoms with Crippen LogP contribution < -0.4 is 21.1 Å². The Morgan fingerprint density at radius 1 is 1.05 bits per heavy atom. The molecular weight excluding hydrogens is 536 g/mol. The standard InChI is InChI=1S/C32H38N4O4S/c1-40-27-14-13-24(41(2)39)17-23(27)18-34-30-25-15-16-36(20-26(25)32(38)35-19-28(33)37)31(30)29(21-9-5-3-6-10-21)22-11-7-4-8-12-22/h3-14,17,25-26,29-31,34H,15-16,18-20H2,1-2H3,(H2,33,37)(H,35,38). The lowest BCUT2D eigenvalue weighted by atomic mass is 9.66. The lowest BCUT2D eigenvalue weighted by Gasteiger charge is -2.56. The fraction of sp³-hybridized carbons (Fsp3) is 0.375. The monoisotopic (exact) mass is 574 g/mol. The van der Waals surface area contributed by atoms with Gasteiger partial charge in [-0.15, -0.1) is 0 Å². The van der Waals surface area contributed by atoms with Crippen LogP contribution in [0.3, 0.4) is 0 Å². The summed E-state index contributed by atoms with van der Waals surface area (Å²) in [6.45, 7) is 1.82. The van der Waals surface area contributed by atoms with Gasteiger partial charge in [-0.1, -0.05) is 60.7 Å².